The molecule has 1 atom stereocenters. The Morgan fingerprint density at radius 1 is 1.29 bits per heavy atom. The van der Waals surface area contributed by atoms with Crippen LogP contribution in [0, 0.1) is 0 Å². The van der Waals surface area contributed by atoms with Crippen LogP contribution in [-0.4, -0.2) is 41.8 Å². The van der Waals surface area contributed by atoms with E-state index in [0.29, 0.717) is 0 Å². The fraction of sp³-hybridized carbons (Fsp3) is 0.923. The fourth-order valence-corrected chi connectivity index (χ4v) is 2.83. The van der Waals surface area contributed by atoms with Crippen molar-refractivity contribution in [2.75, 3.05) is 19.6 Å². The Morgan fingerprint density at radius 2 is 2.00 bits per heavy atom. The van der Waals surface area contributed by atoms with Gasteiger partial charge in [-0.05, 0) is 53.0 Å². The van der Waals surface area contributed by atoms with Gasteiger partial charge in [0, 0.05) is 18.6 Å². The summed E-state index contributed by atoms with van der Waals surface area (Å²) in [5.74, 6) is 0. The van der Waals surface area contributed by atoms with Gasteiger partial charge in [-0.2, -0.15) is 0 Å². The molecule has 0 aliphatic carbocycles. The molecule has 0 saturated carbocycles. The van der Waals surface area contributed by atoms with Crippen molar-refractivity contribution in [2.24, 2.45) is 0 Å². The summed E-state index contributed by atoms with van der Waals surface area (Å²) in [4.78, 5) is 13.9. The lowest BCUT2D eigenvalue weighted by Crippen LogP contribution is -2.55. The zero-order valence-electron chi connectivity index (χ0n) is 11.2. The molecule has 0 bridgehead atoms. The highest BCUT2D eigenvalue weighted by Gasteiger charge is 2.39. The molecule has 2 heterocycles. The molecule has 2 rings (SSSR count). The molecule has 17 heavy (non-hydrogen) atoms. The average Bonchev–Trinajstić information content (AvgIpc) is 2.64. The predicted octanol–water partition coefficient (Wildman–Crippen LogP) is 2.14. The molecular formula is C13H24N2O2. The molecule has 0 aromatic rings. The van der Waals surface area contributed by atoms with Gasteiger partial charge >= 0.3 is 6.09 Å². The van der Waals surface area contributed by atoms with Gasteiger partial charge in [-0.1, -0.05) is 0 Å². The topological polar surface area (TPSA) is 41.6 Å². The van der Waals surface area contributed by atoms with Gasteiger partial charge in [0.1, 0.15) is 5.60 Å². The van der Waals surface area contributed by atoms with E-state index < -0.39 is 5.60 Å². The maximum absolute atomic E-state index is 12.0. The van der Waals surface area contributed by atoms with Crippen molar-refractivity contribution in [1.29, 1.82) is 0 Å². The van der Waals surface area contributed by atoms with Crippen molar-refractivity contribution in [3.63, 3.8) is 0 Å². The Hall–Kier alpha value is -0.770. The number of nitrogens with one attached hydrogen (secondary N) is 1. The Kier molecular flexibility index (Phi) is 3.34. The SMILES string of the molecule is CC(C)(C)OC(=O)N1CCCC2(CCCN2)C1. The summed E-state index contributed by atoms with van der Waals surface area (Å²) in [7, 11) is 0. The number of amides is 1. The van der Waals surface area contributed by atoms with Crippen LogP contribution in [0.25, 0.3) is 0 Å². The van der Waals surface area contributed by atoms with Gasteiger partial charge in [0.15, 0.2) is 0 Å². The molecule has 4 nitrogen and oxygen atoms in total. The third kappa shape index (κ3) is 3.12. The maximum atomic E-state index is 12.0. The number of likely N-dealkylation sites (tertiary alicyclic amines) is 1. The second kappa shape index (κ2) is 4.48. The number of hydrogen-bond acceptors (Lipinski definition) is 3. The summed E-state index contributed by atoms with van der Waals surface area (Å²) in [6.07, 6.45) is 4.51. The van der Waals surface area contributed by atoms with Crippen molar-refractivity contribution >= 4 is 6.09 Å². The number of rotatable bonds is 0. The van der Waals surface area contributed by atoms with E-state index >= 15 is 0 Å². The Bertz CT molecular complexity index is 290. The standard InChI is InChI=1S/C13H24N2O2/c1-12(2,3)17-11(16)15-9-5-7-13(10-15)6-4-8-14-13/h14H,4-10H2,1-3H3. The van der Waals surface area contributed by atoms with Crippen molar-refractivity contribution in [1.82, 2.24) is 10.2 Å². The summed E-state index contributed by atoms with van der Waals surface area (Å²) >= 11 is 0. The quantitative estimate of drug-likeness (QED) is 0.705. The molecule has 98 valence electrons. The summed E-state index contributed by atoms with van der Waals surface area (Å²) in [6.45, 7) is 8.47. The third-order valence-electron chi connectivity index (χ3n) is 3.56. The number of ether oxygens (including phenoxy) is 1. The number of hydrogen-bond donors (Lipinski definition) is 1. The molecule has 4 heteroatoms. The Balaban J connectivity index is 1.95. The fourth-order valence-electron chi connectivity index (χ4n) is 2.83. The highest BCUT2D eigenvalue weighted by Crippen LogP contribution is 2.30. The van der Waals surface area contributed by atoms with Gasteiger partial charge in [0.2, 0.25) is 0 Å². The lowest BCUT2D eigenvalue weighted by Gasteiger charge is -2.40. The highest BCUT2D eigenvalue weighted by atomic mass is 16.6. The summed E-state index contributed by atoms with van der Waals surface area (Å²) in [6, 6.07) is 0. The molecule has 1 unspecified atom stereocenters. The number of carbonyl (C=O) groups excluding carboxylic acids is 1. The molecule has 1 spiro atoms. The normalized spacial score (nSPS) is 29.7. The monoisotopic (exact) mass is 240 g/mol. The van der Waals surface area contributed by atoms with E-state index in [1.54, 1.807) is 0 Å². The first-order valence-electron chi connectivity index (χ1n) is 6.63. The van der Waals surface area contributed by atoms with Crippen molar-refractivity contribution in [3.05, 3.63) is 0 Å². The van der Waals surface area contributed by atoms with E-state index in [9.17, 15) is 4.79 Å². The Morgan fingerprint density at radius 3 is 2.59 bits per heavy atom. The molecular weight excluding hydrogens is 216 g/mol. The molecule has 2 aliphatic heterocycles. The zero-order valence-corrected chi connectivity index (χ0v) is 11.2. The van der Waals surface area contributed by atoms with Crippen LogP contribution in [0.5, 0.6) is 0 Å². The van der Waals surface area contributed by atoms with Crippen LogP contribution in [0.4, 0.5) is 4.79 Å². The van der Waals surface area contributed by atoms with E-state index in [1.165, 1.54) is 19.3 Å². The van der Waals surface area contributed by atoms with Crippen molar-refractivity contribution < 1.29 is 9.53 Å². The van der Waals surface area contributed by atoms with E-state index in [1.807, 2.05) is 25.7 Å². The molecule has 1 amide bonds. The zero-order chi connectivity index (χ0) is 12.5. The number of piperidine rings is 1. The van der Waals surface area contributed by atoms with E-state index in [2.05, 4.69) is 5.32 Å². The largest absolute Gasteiger partial charge is 0.444 e. The number of nitrogens with zero attached hydrogens (tertiary/aromatic N) is 1. The van der Waals surface area contributed by atoms with E-state index in [4.69, 9.17) is 4.74 Å². The molecule has 2 aliphatic rings. The molecule has 0 radical (unpaired) electrons. The second-order valence-electron chi connectivity index (χ2n) is 6.32. The van der Waals surface area contributed by atoms with E-state index in [0.717, 1.165) is 26.1 Å². The molecule has 2 fully saturated rings. The van der Waals surface area contributed by atoms with Gasteiger partial charge in [-0.25, -0.2) is 4.79 Å². The van der Waals surface area contributed by atoms with Crippen LogP contribution in [0.15, 0.2) is 0 Å². The molecule has 2 saturated heterocycles. The minimum absolute atomic E-state index is 0.162. The predicted molar refractivity (Wildman–Crippen MR) is 67.0 cm³/mol. The lowest BCUT2D eigenvalue weighted by atomic mass is 9.88. The minimum atomic E-state index is -0.398. The lowest BCUT2D eigenvalue weighted by molar-refractivity contribution is 0.0124. The Labute approximate surface area is 104 Å². The average molecular weight is 240 g/mol. The van der Waals surface area contributed by atoms with Crippen LogP contribution in [0.3, 0.4) is 0 Å². The third-order valence-corrected chi connectivity index (χ3v) is 3.56. The first kappa shape index (κ1) is 12.7. The summed E-state index contributed by atoms with van der Waals surface area (Å²) < 4.78 is 5.44. The molecule has 1 N–H and O–H groups in total. The van der Waals surface area contributed by atoms with Gasteiger partial charge in [-0.15, -0.1) is 0 Å². The highest BCUT2D eigenvalue weighted by molar-refractivity contribution is 5.68. The van der Waals surface area contributed by atoms with Crippen LogP contribution in [-0.2, 0) is 4.74 Å². The van der Waals surface area contributed by atoms with E-state index in [-0.39, 0.29) is 11.6 Å². The summed E-state index contributed by atoms with van der Waals surface area (Å²) in [5.41, 5.74) is -0.222. The van der Waals surface area contributed by atoms with Crippen LogP contribution < -0.4 is 5.32 Å². The van der Waals surface area contributed by atoms with Gasteiger partial charge in [0.05, 0.1) is 0 Å². The minimum Gasteiger partial charge on any atom is -0.444 e. The molecule has 0 aromatic heterocycles. The van der Waals surface area contributed by atoms with Crippen molar-refractivity contribution in [2.45, 2.75) is 57.6 Å². The maximum Gasteiger partial charge on any atom is 0.410 e. The number of carbonyl (C=O) groups is 1. The first-order chi connectivity index (χ1) is 7.90. The van der Waals surface area contributed by atoms with Gasteiger partial charge in [0.25, 0.3) is 0 Å². The van der Waals surface area contributed by atoms with Crippen LogP contribution in [0.1, 0.15) is 46.5 Å². The van der Waals surface area contributed by atoms with Crippen molar-refractivity contribution in [3.8, 4) is 0 Å². The smallest absolute Gasteiger partial charge is 0.410 e. The van der Waals surface area contributed by atoms with Crippen LogP contribution in [0.2, 0.25) is 0 Å². The second-order valence-corrected chi connectivity index (χ2v) is 6.32. The van der Waals surface area contributed by atoms with Gasteiger partial charge < -0.3 is 15.0 Å². The summed E-state index contributed by atoms with van der Waals surface area (Å²) in [5, 5.41) is 3.57. The molecule has 0 aromatic carbocycles. The first-order valence-corrected chi connectivity index (χ1v) is 6.63. The van der Waals surface area contributed by atoms with Gasteiger partial charge in [-0.3, -0.25) is 0 Å². The van der Waals surface area contributed by atoms with Crippen LogP contribution >= 0.6 is 0 Å².